The van der Waals surface area contributed by atoms with Gasteiger partial charge in [-0.2, -0.15) is 18.2 Å². The number of thiazole rings is 1. The summed E-state index contributed by atoms with van der Waals surface area (Å²) in [5.41, 5.74) is 0. The van der Waals surface area contributed by atoms with E-state index < -0.39 is 33.5 Å². The third-order valence-electron chi connectivity index (χ3n) is 1.95. The largest absolute Gasteiger partial charge is 0.455 e. The third-order valence-corrected chi connectivity index (χ3v) is 4.35. The molecule has 0 atom stereocenters. The van der Waals surface area contributed by atoms with Crippen LogP contribution in [0.1, 0.15) is 16.7 Å². The van der Waals surface area contributed by atoms with Crippen LogP contribution in [-0.4, -0.2) is 23.5 Å². The van der Waals surface area contributed by atoms with Crippen molar-refractivity contribution in [3.8, 4) is 0 Å². The predicted octanol–water partition coefficient (Wildman–Crippen LogP) is 1.83. The number of hydrogen-bond donors (Lipinski definition) is 0. The molecule has 0 fully saturated rings. The summed E-state index contributed by atoms with van der Waals surface area (Å²) < 4.78 is 64.5. The van der Waals surface area contributed by atoms with Crippen LogP contribution < -0.4 is 0 Å². The Hall–Kier alpha value is -1.49. The van der Waals surface area contributed by atoms with E-state index >= 15 is 0 Å². The number of aryl methyl sites for hydroxylation is 1. The van der Waals surface area contributed by atoms with Crippen LogP contribution in [0.4, 0.5) is 13.2 Å². The van der Waals surface area contributed by atoms with Crippen LogP contribution in [0.3, 0.4) is 0 Å². The molecular formula is C8H6F3N3O3S2. The summed E-state index contributed by atoms with van der Waals surface area (Å²) in [5.74, 6) is -2.95. The van der Waals surface area contributed by atoms with E-state index in [9.17, 15) is 21.6 Å². The molecule has 0 saturated heterocycles. The molecule has 2 aromatic heterocycles. The average Bonchev–Trinajstić information content (AvgIpc) is 2.85. The molecule has 0 bridgehead atoms. The maximum atomic E-state index is 12.2. The van der Waals surface area contributed by atoms with Gasteiger partial charge in [0.05, 0.1) is 5.01 Å². The van der Waals surface area contributed by atoms with E-state index in [4.69, 9.17) is 0 Å². The Morgan fingerprint density at radius 3 is 2.53 bits per heavy atom. The van der Waals surface area contributed by atoms with Gasteiger partial charge in [0.15, 0.2) is 5.03 Å². The Labute approximate surface area is 109 Å². The number of aromatic nitrogens is 3. The van der Waals surface area contributed by atoms with Crippen molar-refractivity contribution in [3.05, 3.63) is 22.1 Å². The Morgan fingerprint density at radius 2 is 2.05 bits per heavy atom. The Bertz CT molecular complexity index is 689. The molecule has 0 unspecified atom stereocenters. The average molecular weight is 313 g/mol. The smallest absolute Gasteiger partial charge is 0.338 e. The quantitative estimate of drug-likeness (QED) is 0.859. The number of alkyl halides is 3. The standard InChI is InChI=1S/C8H6F3N3O3S2/c1-4-12-6(2-18-4)19(15,16)3-5-13-7(14-17-5)8(9,10)11/h2H,3H2,1H3. The van der Waals surface area contributed by atoms with Crippen LogP contribution >= 0.6 is 11.3 Å². The number of hydrogen-bond acceptors (Lipinski definition) is 7. The summed E-state index contributed by atoms with van der Waals surface area (Å²) in [6.07, 6.45) is -4.78. The molecular weight excluding hydrogens is 307 g/mol. The lowest BCUT2D eigenvalue weighted by atomic mass is 10.6. The molecule has 6 nitrogen and oxygen atoms in total. The minimum atomic E-state index is -4.78. The van der Waals surface area contributed by atoms with Crippen molar-refractivity contribution in [2.45, 2.75) is 23.9 Å². The highest BCUT2D eigenvalue weighted by molar-refractivity contribution is 7.90. The Morgan fingerprint density at radius 1 is 1.37 bits per heavy atom. The Balaban J connectivity index is 2.24. The molecule has 19 heavy (non-hydrogen) atoms. The molecule has 0 N–H and O–H groups in total. The topological polar surface area (TPSA) is 86.0 Å². The highest BCUT2D eigenvalue weighted by Gasteiger charge is 2.37. The second-order valence-electron chi connectivity index (χ2n) is 3.47. The van der Waals surface area contributed by atoms with Crippen LogP contribution in [0.25, 0.3) is 0 Å². The lowest BCUT2D eigenvalue weighted by molar-refractivity contribution is -0.146. The zero-order valence-electron chi connectivity index (χ0n) is 9.30. The van der Waals surface area contributed by atoms with E-state index in [2.05, 4.69) is 19.6 Å². The van der Waals surface area contributed by atoms with E-state index in [1.54, 1.807) is 6.92 Å². The van der Waals surface area contributed by atoms with E-state index in [0.29, 0.717) is 5.01 Å². The molecule has 2 aromatic rings. The maximum absolute atomic E-state index is 12.2. The molecule has 0 aliphatic rings. The molecule has 0 spiro atoms. The van der Waals surface area contributed by atoms with Gasteiger partial charge in [-0.05, 0) is 6.92 Å². The second kappa shape index (κ2) is 4.56. The number of nitrogens with zero attached hydrogens (tertiary/aromatic N) is 3. The van der Waals surface area contributed by atoms with Crippen molar-refractivity contribution < 1.29 is 26.1 Å². The van der Waals surface area contributed by atoms with Gasteiger partial charge in [0.2, 0.25) is 15.7 Å². The van der Waals surface area contributed by atoms with Crippen molar-refractivity contribution in [2.24, 2.45) is 0 Å². The molecule has 11 heteroatoms. The fourth-order valence-corrected chi connectivity index (χ4v) is 3.28. The lowest BCUT2D eigenvalue weighted by Gasteiger charge is -1.97. The van der Waals surface area contributed by atoms with Crippen LogP contribution in [-0.2, 0) is 21.8 Å². The first kappa shape index (κ1) is 13.9. The first-order chi connectivity index (χ1) is 8.68. The molecule has 0 amide bonds. The van der Waals surface area contributed by atoms with Gasteiger partial charge < -0.3 is 4.52 Å². The van der Waals surface area contributed by atoms with Crippen LogP contribution in [0.5, 0.6) is 0 Å². The van der Waals surface area contributed by atoms with E-state index in [1.165, 1.54) is 5.38 Å². The van der Waals surface area contributed by atoms with Gasteiger partial charge in [0.25, 0.3) is 5.82 Å². The highest BCUT2D eigenvalue weighted by Crippen LogP contribution is 2.27. The summed E-state index contributed by atoms with van der Waals surface area (Å²) in [5, 5.41) is 4.28. The van der Waals surface area contributed by atoms with Gasteiger partial charge in [0.1, 0.15) is 5.75 Å². The summed E-state index contributed by atoms with van der Waals surface area (Å²) in [4.78, 5) is 6.75. The molecule has 104 valence electrons. The molecule has 0 saturated carbocycles. The monoisotopic (exact) mass is 313 g/mol. The third kappa shape index (κ3) is 3.10. The molecule has 0 aliphatic carbocycles. The van der Waals surface area contributed by atoms with Gasteiger partial charge in [-0.25, -0.2) is 13.4 Å². The summed E-state index contributed by atoms with van der Waals surface area (Å²) in [6, 6.07) is 0. The zero-order valence-corrected chi connectivity index (χ0v) is 10.9. The normalized spacial score (nSPS) is 12.8. The van der Waals surface area contributed by atoms with Crippen molar-refractivity contribution >= 4 is 21.2 Å². The van der Waals surface area contributed by atoms with Crippen molar-refractivity contribution in [3.63, 3.8) is 0 Å². The lowest BCUT2D eigenvalue weighted by Crippen LogP contribution is -2.09. The van der Waals surface area contributed by atoms with E-state index in [1.807, 2.05) is 0 Å². The van der Waals surface area contributed by atoms with Gasteiger partial charge in [-0.1, -0.05) is 5.16 Å². The highest BCUT2D eigenvalue weighted by atomic mass is 32.2. The first-order valence-corrected chi connectivity index (χ1v) is 7.26. The van der Waals surface area contributed by atoms with Gasteiger partial charge >= 0.3 is 6.18 Å². The number of sulfone groups is 1. The van der Waals surface area contributed by atoms with Crippen LogP contribution in [0.15, 0.2) is 14.9 Å². The fraction of sp³-hybridized carbons (Fsp3) is 0.375. The van der Waals surface area contributed by atoms with Gasteiger partial charge in [-0.15, -0.1) is 11.3 Å². The predicted molar refractivity (Wildman–Crippen MR) is 57.0 cm³/mol. The van der Waals surface area contributed by atoms with Crippen molar-refractivity contribution in [2.75, 3.05) is 0 Å². The Kier molecular flexibility index (Phi) is 3.34. The maximum Gasteiger partial charge on any atom is 0.455 e. The first-order valence-electron chi connectivity index (χ1n) is 4.73. The van der Waals surface area contributed by atoms with Crippen LogP contribution in [0.2, 0.25) is 0 Å². The molecule has 0 radical (unpaired) electrons. The fourth-order valence-electron chi connectivity index (χ4n) is 1.15. The minimum Gasteiger partial charge on any atom is -0.338 e. The van der Waals surface area contributed by atoms with Gasteiger partial charge in [-0.3, -0.25) is 0 Å². The number of halogens is 3. The molecule has 2 heterocycles. The van der Waals surface area contributed by atoms with Crippen LogP contribution in [0, 0.1) is 6.92 Å². The zero-order chi connectivity index (χ0) is 14.3. The summed E-state index contributed by atoms with van der Waals surface area (Å²) in [6.45, 7) is 1.61. The number of rotatable bonds is 3. The van der Waals surface area contributed by atoms with Crippen molar-refractivity contribution in [1.29, 1.82) is 0 Å². The van der Waals surface area contributed by atoms with E-state index in [-0.39, 0.29) is 5.03 Å². The molecule has 0 aromatic carbocycles. The van der Waals surface area contributed by atoms with Crippen molar-refractivity contribution in [1.82, 2.24) is 15.1 Å². The second-order valence-corrected chi connectivity index (χ2v) is 6.47. The van der Waals surface area contributed by atoms with Gasteiger partial charge in [0, 0.05) is 5.38 Å². The molecule has 0 aliphatic heterocycles. The summed E-state index contributed by atoms with van der Waals surface area (Å²) >= 11 is 1.11. The summed E-state index contributed by atoms with van der Waals surface area (Å²) in [7, 11) is -3.89. The minimum absolute atomic E-state index is 0.221. The molecule has 2 rings (SSSR count). The van der Waals surface area contributed by atoms with E-state index in [0.717, 1.165) is 11.3 Å². The SMILES string of the molecule is Cc1nc(S(=O)(=O)Cc2nc(C(F)(F)F)no2)cs1.